The van der Waals surface area contributed by atoms with Crippen LogP contribution in [-0.2, 0) is 0 Å². The van der Waals surface area contributed by atoms with Crippen LogP contribution < -0.4 is 0 Å². The van der Waals surface area contributed by atoms with Crippen molar-refractivity contribution < 1.29 is 0 Å². The van der Waals surface area contributed by atoms with Gasteiger partial charge in [-0.05, 0) is 51.5 Å². The monoisotopic (exact) mass is 167 g/mol. The zero-order valence-corrected chi connectivity index (χ0v) is 8.85. The Kier molecular flexibility index (Phi) is 1.61. The lowest BCUT2D eigenvalue weighted by molar-refractivity contribution is 0.164. The lowest BCUT2D eigenvalue weighted by Crippen LogP contribution is -2.39. The highest BCUT2D eigenvalue weighted by atomic mass is 15.2. The molecule has 2 atom stereocenters. The summed E-state index contributed by atoms with van der Waals surface area (Å²) in [6.07, 6.45) is 2.94. The zero-order chi connectivity index (χ0) is 8.98. The van der Waals surface area contributed by atoms with E-state index < -0.39 is 0 Å². The smallest absolute Gasteiger partial charge is 0.0125 e. The molecule has 0 aromatic heterocycles. The predicted molar refractivity (Wildman–Crippen MR) is 52.2 cm³/mol. The van der Waals surface area contributed by atoms with E-state index in [1.54, 1.807) is 0 Å². The standard InChI is InChI=1S/C11H21N/c1-9-7-11(9)5-6-12(8-11)10(2,3)4/h9H,5-8H2,1-4H3. The van der Waals surface area contributed by atoms with E-state index in [0.29, 0.717) is 5.54 Å². The molecule has 70 valence electrons. The summed E-state index contributed by atoms with van der Waals surface area (Å²) in [4.78, 5) is 2.65. The number of rotatable bonds is 0. The molecular formula is C11H21N. The molecular weight excluding hydrogens is 146 g/mol. The van der Waals surface area contributed by atoms with Gasteiger partial charge >= 0.3 is 0 Å². The van der Waals surface area contributed by atoms with Crippen LogP contribution >= 0.6 is 0 Å². The van der Waals surface area contributed by atoms with Gasteiger partial charge in [0.25, 0.3) is 0 Å². The quantitative estimate of drug-likeness (QED) is 0.536. The fraction of sp³-hybridized carbons (Fsp3) is 1.00. The SMILES string of the molecule is CC1CC12CCN(C(C)(C)C)C2. The van der Waals surface area contributed by atoms with Crippen LogP contribution in [0.25, 0.3) is 0 Å². The maximum Gasteiger partial charge on any atom is 0.0125 e. The summed E-state index contributed by atoms with van der Waals surface area (Å²) in [5, 5.41) is 0. The van der Waals surface area contributed by atoms with E-state index in [2.05, 4.69) is 32.6 Å². The molecule has 12 heavy (non-hydrogen) atoms. The fourth-order valence-electron chi connectivity index (χ4n) is 2.59. The minimum atomic E-state index is 0.395. The summed E-state index contributed by atoms with van der Waals surface area (Å²) < 4.78 is 0. The third-order valence-corrected chi connectivity index (χ3v) is 3.93. The summed E-state index contributed by atoms with van der Waals surface area (Å²) >= 11 is 0. The van der Waals surface area contributed by atoms with Gasteiger partial charge < -0.3 is 0 Å². The first-order chi connectivity index (χ1) is 5.44. The van der Waals surface area contributed by atoms with Gasteiger partial charge in [0, 0.05) is 12.1 Å². The van der Waals surface area contributed by atoms with Gasteiger partial charge in [0.05, 0.1) is 0 Å². The Morgan fingerprint density at radius 3 is 2.17 bits per heavy atom. The van der Waals surface area contributed by atoms with Crippen LogP contribution in [0, 0.1) is 11.3 Å². The lowest BCUT2D eigenvalue weighted by atomic mass is 10.0. The maximum atomic E-state index is 2.65. The second-order valence-corrected chi connectivity index (χ2v) is 5.81. The highest BCUT2D eigenvalue weighted by molar-refractivity contribution is 5.07. The summed E-state index contributed by atoms with van der Waals surface area (Å²) in [6, 6.07) is 0. The van der Waals surface area contributed by atoms with Crippen molar-refractivity contribution in [2.24, 2.45) is 11.3 Å². The molecule has 1 heterocycles. The van der Waals surface area contributed by atoms with Crippen molar-refractivity contribution in [1.82, 2.24) is 4.90 Å². The van der Waals surface area contributed by atoms with E-state index in [1.807, 2.05) is 0 Å². The molecule has 2 aliphatic rings. The minimum absolute atomic E-state index is 0.395. The highest BCUT2D eigenvalue weighted by Crippen LogP contribution is 2.58. The predicted octanol–water partition coefficient (Wildman–Crippen LogP) is 2.52. The van der Waals surface area contributed by atoms with Crippen molar-refractivity contribution in [3.05, 3.63) is 0 Å². The van der Waals surface area contributed by atoms with E-state index >= 15 is 0 Å². The topological polar surface area (TPSA) is 3.24 Å². The molecule has 1 aliphatic carbocycles. The first-order valence-corrected chi connectivity index (χ1v) is 5.19. The number of nitrogens with zero attached hydrogens (tertiary/aromatic N) is 1. The molecule has 0 radical (unpaired) electrons. The van der Waals surface area contributed by atoms with E-state index in [1.165, 1.54) is 25.9 Å². The Bertz CT molecular complexity index is 192. The summed E-state index contributed by atoms with van der Waals surface area (Å²) in [5.41, 5.74) is 1.15. The van der Waals surface area contributed by atoms with E-state index in [-0.39, 0.29) is 0 Å². The first kappa shape index (κ1) is 8.55. The van der Waals surface area contributed by atoms with Crippen molar-refractivity contribution in [2.75, 3.05) is 13.1 Å². The Balaban J connectivity index is 2.00. The summed E-state index contributed by atoms with van der Waals surface area (Å²) in [5.74, 6) is 1.00. The van der Waals surface area contributed by atoms with Gasteiger partial charge in [-0.15, -0.1) is 0 Å². The van der Waals surface area contributed by atoms with Crippen LogP contribution in [0.2, 0.25) is 0 Å². The number of hydrogen-bond acceptors (Lipinski definition) is 1. The molecule has 0 bridgehead atoms. The molecule has 0 N–H and O–H groups in total. The largest absolute Gasteiger partial charge is 0.298 e. The van der Waals surface area contributed by atoms with Gasteiger partial charge in [-0.2, -0.15) is 0 Å². The van der Waals surface area contributed by atoms with Gasteiger partial charge in [0.1, 0.15) is 0 Å². The van der Waals surface area contributed by atoms with Gasteiger partial charge in [-0.25, -0.2) is 0 Å². The zero-order valence-electron chi connectivity index (χ0n) is 8.85. The third-order valence-electron chi connectivity index (χ3n) is 3.93. The molecule has 0 amide bonds. The first-order valence-electron chi connectivity index (χ1n) is 5.19. The van der Waals surface area contributed by atoms with Crippen LogP contribution in [0.1, 0.15) is 40.5 Å². The molecule has 2 unspecified atom stereocenters. The van der Waals surface area contributed by atoms with Crippen LogP contribution in [0.4, 0.5) is 0 Å². The number of hydrogen-bond donors (Lipinski definition) is 0. The molecule has 1 aliphatic heterocycles. The Labute approximate surface area is 76.1 Å². The Morgan fingerprint density at radius 2 is 1.92 bits per heavy atom. The molecule has 1 nitrogen and oxygen atoms in total. The van der Waals surface area contributed by atoms with Crippen molar-refractivity contribution >= 4 is 0 Å². The molecule has 0 aromatic carbocycles. The summed E-state index contributed by atoms with van der Waals surface area (Å²) in [6.45, 7) is 12.1. The average molecular weight is 167 g/mol. The van der Waals surface area contributed by atoms with Crippen LogP contribution in [0.15, 0.2) is 0 Å². The Morgan fingerprint density at radius 1 is 1.33 bits per heavy atom. The van der Waals surface area contributed by atoms with Crippen LogP contribution in [0.3, 0.4) is 0 Å². The van der Waals surface area contributed by atoms with Crippen molar-refractivity contribution in [2.45, 2.75) is 46.1 Å². The second kappa shape index (κ2) is 2.25. The third kappa shape index (κ3) is 1.19. The van der Waals surface area contributed by atoms with E-state index in [4.69, 9.17) is 0 Å². The van der Waals surface area contributed by atoms with Crippen LogP contribution in [-0.4, -0.2) is 23.5 Å². The molecule has 1 heteroatoms. The van der Waals surface area contributed by atoms with Crippen molar-refractivity contribution in [1.29, 1.82) is 0 Å². The average Bonchev–Trinajstić information content (AvgIpc) is 2.43. The molecule has 1 saturated heterocycles. The van der Waals surface area contributed by atoms with Gasteiger partial charge in [-0.1, -0.05) is 6.92 Å². The molecule has 0 aromatic rings. The fourth-order valence-corrected chi connectivity index (χ4v) is 2.59. The van der Waals surface area contributed by atoms with Gasteiger partial charge in [0.2, 0.25) is 0 Å². The molecule has 1 saturated carbocycles. The minimum Gasteiger partial charge on any atom is -0.298 e. The molecule has 2 rings (SSSR count). The van der Waals surface area contributed by atoms with Gasteiger partial charge in [-0.3, -0.25) is 4.90 Å². The highest BCUT2D eigenvalue weighted by Gasteiger charge is 2.55. The van der Waals surface area contributed by atoms with E-state index in [0.717, 1.165) is 11.3 Å². The van der Waals surface area contributed by atoms with E-state index in [9.17, 15) is 0 Å². The summed E-state index contributed by atoms with van der Waals surface area (Å²) in [7, 11) is 0. The molecule has 2 fully saturated rings. The van der Waals surface area contributed by atoms with Gasteiger partial charge in [0.15, 0.2) is 0 Å². The lowest BCUT2D eigenvalue weighted by Gasteiger charge is -2.31. The maximum absolute atomic E-state index is 2.65. The van der Waals surface area contributed by atoms with Crippen molar-refractivity contribution in [3.8, 4) is 0 Å². The van der Waals surface area contributed by atoms with Crippen LogP contribution in [0.5, 0.6) is 0 Å². The molecule has 1 spiro atoms. The number of likely N-dealkylation sites (tertiary alicyclic amines) is 1. The van der Waals surface area contributed by atoms with Crippen molar-refractivity contribution in [3.63, 3.8) is 0 Å². The second-order valence-electron chi connectivity index (χ2n) is 5.81. The normalized spacial score (nSPS) is 42.5. The Hall–Kier alpha value is -0.0400.